The molecule has 0 unspecified atom stereocenters. The molecule has 0 bridgehead atoms. The summed E-state index contributed by atoms with van der Waals surface area (Å²) in [4.78, 5) is 15.8. The van der Waals surface area contributed by atoms with Gasteiger partial charge >= 0.3 is 0 Å². The number of hydrogen-bond acceptors (Lipinski definition) is 3. The van der Waals surface area contributed by atoms with Crippen LogP contribution in [0.5, 0.6) is 0 Å². The molecule has 8 aromatic carbocycles. The molecule has 3 heterocycles. The Bertz CT molecular complexity index is 3970. The van der Waals surface area contributed by atoms with E-state index in [1.54, 1.807) is 0 Å². The van der Waals surface area contributed by atoms with Gasteiger partial charge in [-0.05, 0) is 112 Å². The predicted molar refractivity (Wildman–Crippen MR) is 280 cm³/mol. The lowest BCUT2D eigenvalue weighted by molar-refractivity contribution is 0.660. The van der Waals surface area contributed by atoms with E-state index < -0.39 is 0 Å². The van der Waals surface area contributed by atoms with E-state index in [0.717, 1.165) is 40.9 Å². The minimum Gasteiger partial charge on any atom is -0.313 e. The molecule has 0 radical (unpaired) electrons. The maximum absolute atomic E-state index is 5.35. The van der Waals surface area contributed by atoms with Crippen LogP contribution < -0.4 is 0 Å². The Balaban J connectivity index is 0.927. The lowest BCUT2D eigenvalue weighted by Crippen LogP contribution is -2.15. The van der Waals surface area contributed by atoms with Gasteiger partial charge in [-0.3, -0.25) is 0 Å². The molecule has 324 valence electrons. The normalized spacial score (nSPS) is 14.8. The summed E-state index contributed by atoms with van der Waals surface area (Å²) >= 11 is 0. The Morgan fingerprint density at radius 1 is 0.397 bits per heavy atom. The van der Waals surface area contributed by atoms with Gasteiger partial charge in [0.15, 0.2) is 17.5 Å². The second-order valence-corrected chi connectivity index (χ2v) is 19.9. The summed E-state index contributed by atoms with van der Waals surface area (Å²) in [7, 11) is 0. The van der Waals surface area contributed by atoms with Gasteiger partial charge in [0.1, 0.15) is 0 Å². The molecule has 3 aliphatic rings. The number of para-hydroxylation sites is 1. The van der Waals surface area contributed by atoms with E-state index in [1.165, 1.54) is 88.5 Å². The van der Waals surface area contributed by atoms with Crippen molar-refractivity contribution in [2.24, 2.45) is 0 Å². The highest BCUT2D eigenvalue weighted by Crippen LogP contribution is 2.53. The quantitative estimate of drug-likeness (QED) is 0.173. The number of rotatable bonds is 5. The molecule has 0 fully saturated rings. The second-order valence-electron chi connectivity index (χ2n) is 19.9. The van der Waals surface area contributed by atoms with Gasteiger partial charge < -0.3 is 9.13 Å². The Labute approximate surface area is 395 Å². The van der Waals surface area contributed by atoms with E-state index >= 15 is 0 Å². The number of hydrogen-bond donors (Lipinski definition) is 0. The summed E-state index contributed by atoms with van der Waals surface area (Å²) in [5.41, 5.74) is 21.8. The molecule has 0 saturated carbocycles. The van der Waals surface area contributed by atoms with Crippen molar-refractivity contribution in [1.82, 2.24) is 24.1 Å². The zero-order valence-electron chi connectivity index (χ0n) is 38.5. The van der Waals surface area contributed by atoms with Crippen LogP contribution in [0.1, 0.15) is 67.6 Å². The van der Waals surface area contributed by atoms with Crippen LogP contribution in [0.25, 0.3) is 107 Å². The number of fused-ring (bicyclic) bond motifs is 12. The lowest BCUT2D eigenvalue weighted by Gasteiger charge is -2.22. The van der Waals surface area contributed by atoms with E-state index in [4.69, 9.17) is 15.0 Å². The molecule has 0 N–H and O–H groups in total. The van der Waals surface area contributed by atoms with Gasteiger partial charge in [0.25, 0.3) is 0 Å². The first-order chi connectivity index (χ1) is 33.2. The van der Waals surface area contributed by atoms with Crippen molar-refractivity contribution < 1.29 is 0 Å². The van der Waals surface area contributed by atoms with Crippen molar-refractivity contribution in [3.8, 4) is 67.8 Å². The first-order valence-electron chi connectivity index (χ1n) is 23.9. The minimum atomic E-state index is -0.121. The second kappa shape index (κ2) is 14.2. The smallest absolute Gasteiger partial charge is 0.164 e. The zero-order chi connectivity index (χ0) is 45.5. The van der Waals surface area contributed by atoms with Crippen molar-refractivity contribution in [1.29, 1.82) is 0 Å². The topological polar surface area (TPSA) is 48.5 Å². The van der Waals surface area contributed by atoms with Crippen LogP contribution in [0.2, 0.25) is 0 Å². The number of benzene rings is 8. The lowest BCUT2D eigenvalue weighted by atomic mass is 9.82. The van der Waals surface area contributed by atoms with Crippen LogP contribution in [-0.4, -0.2) is 24.1 Å². The zero-order valence-corrected chi connectivity index (χ0v) is 38.5. The fraction of sp³-hybridized carbons (Fsp3) is 0.127. The van der Waals surface area contributed by atoms with Crippen LogP contribution in [0.15, 0.2) is 182 Å². The molecular weight excluding hydrogens is 827 g/mol. The molecule has 0 aliphatic heterocycles. The Morgan fingerprint density at radius 2 is 0.912 bits per heavy atom. The maximum Gasteiger partial charge on any atom is 0.164 e. The van der Waals surface area contributed by atoms with Gasteiger partial charge in [-0.15, -0.1) is 0 Å². The first-order valence-corrected chi connectivity index (χ1v) is 23.9. The van der Waals surface area contributed by atoms with Crippen molar-refractivity contribution in [2.75, 3.05) is 0 Å². The molecule has 5 nitrogen and oxygen atoms in total. The van der Waals surface area contributed by atoms with E-state index in [0.29, 0.717) is 17.5 Å². The summed E-state index contributed by atoms with van der Waals surface area (Å²) < 4.78 is 4.92. The van der Waals surface area contributed by atoms with Crippen molar-refractivity contribution in [3.63, 3.8) is 0 Å². The highest BCUT2D eigenvalue weighted by molar-refractivity contribution is 6.12. The molecule has 0 spiro atoms. The number of allylic oxidation sites excluding steroid dienone is 1. The average molecular weight is 874 g/mol. The Morgan fingerprint density at radius 3 is 1.56 bits per heavy atom. The van der Waals surface area contributed by atoms with Gasteiger partial charge in [-0.25, -0.2) is 15.0 Å². The largest absolute Gasteiger partial charge is 0.313 e. The average Bonchev–Trinajstić information content (AvgIpc) is 4.04. The molecule has 14 rings (SSSR count). The van der Waals surface area contributed by atoms with Crippen molar-refractivity contribution in [2.45, 2.75) is 51.4 Å². The van der Waals surface area contributed by atoms with Gasteiger partial charge in [0.05, 0.1) is 16.6 Å². The molecule has 68 heavy (non-hydrogen) atoms. The SMILES string of the molecule is CC1(C)c2ccccc2-c2cc3c4c(n(-c5cccc(-c6nc(-c7ccccc7)nc(-c7cccc(-n8c9ccccc9c9cc%10c(cc98)C(C)(C)c8ccccc8-%10)c7)n6)c5)c3cc21)CCC=C4. The summed E-state index contributed by atoms with van der Waals surface area (Å²) in [6, 6.07) is 64.2. The first kappa shape index (κ1) is 39.1. The summed E-state index contributed by atoms with van der Waals surface area (Å²) in [6.45, 7) is 9.44. The van der Waals surface area contributed by atoms with Crippen molar-refractivity contribution >= 4 is 38.8 Å². The molecule has 0 atom stereocenters. The molecule has 11 aromatic rings. The standard InChI is InChI=1S/C63H47N5/c1-62(2)51-28-12-8-24-43(51)47-34-49-45-26-10-14-30-55(45)67(57(49)36-53(47)62)41-22-16-20-39(32-41)60-64-59(38-18-6-5-7-19-38)65-61(66-60)40-21-17-23-42(33-40)68-56-31-15-11-27-46(56)50-35-48-44-25-9-13-29-52(44)63(3,4)54(48)37-58(50)68/h5-14,16-30,32-37H,15,31H2,1-4H3. The van der Waals surface area contributed by atoms with Gasteiger partial charge in [-0.1, -0.05) is 161 Å². The molecule has 0 amide bonds. The van der Waals surface area contributed by atoms with Gasteiger partial charge in [-0.2, -0.15) is 0 Å². The predicted octanol–water partition coefficient (Wildman–Crippen LogP) is 15.5. The summed E-state index contributed by atoms with van der Waals surface area (Å²) in [6.07, 6.45) is 6.65. The Kier molecular flexibility index (Phi) is 8.14. The molecule has 0 saturated heterocycles. The summed E-state index contributed by atoms with van der Waals surface area (Å²) in [5, 5.41) is 3.78. The summed E-state index contributed by atoms with van der Waals surface area (Å²) in [5.74, 6) is 1.91. The molecule has 3 aliphatic carbocycles. The van der Waals surface area contributed by atoms with Crippen LogP contribution >= 0.6 is 0 Å². The highest BCUT2D eigenvalue weighted by Gasteiger charge is 2.38. The third-order valence-electron chi connectivity index (χ3n) is 15.4. The third kappa shape index (κ3) is 5.53. The maximum atomic E-state index is 5.35. The third-order valence-corrected chi connectivity index (χ3v) is 15.4. The van der Waals surface area contributed by atoms with E-state index in [9.17, 15) is 0 Å². The van der Waals surface area contributed by atoms with Crippen LogP contribution in [0.4, 0.5) is 0 Å². The molecule has 3 aromatic heterocycles. The van der Waals surface area contributed by atoms with Crippen LogP contribution in [-0.2, 0) is 17.3 Å². The van der Waals surface area contributed by atoms with E-state index in [-0.39, 0.29) is 10.8 Å². The highest BCUT2D eigenvalue weighted by atomic mass is 15.0. The fourth-order valence-corrected chi connectivity index (χ4v) is 12.1. The minimum absolute atomic E-state index is 0.106. The number of nitrogens with zero attached hydrogens (tertiary/aromatic N) is 5. The van der Waals surface area contributed by atoms with E-state index in [2.05, 4.69) is 207 Å². The van der Waals surface area contributed by atoms with Crippen LogP contribution in [0.3, 0.4) is 0 Å². The monoisotopic (exact) mass is 873 g/mol. The molecular formula is C63H47N5. The molecule has 5 heteroatoms. The van der Waals surface area contributed by atoms with Crippen LogP contribution in [0, 0.1) is 0 Å². The van der Waals surface area contributed by atoms with Gasteiger partial charge in [0, 0.05) is 66.3 Å². The number of aromatic nitrogens is 5. The Hall–Kier alpha value is -8.15. The van der Waals surface area contributed by atoms with Gasteiger partial charge in [0.2, 0.25) is 0 Å². The fourth-order valence-electron chi connectivity index (χ4n) is 12.1. The van der Waals surface area contributed by atoms with Crippen molar-refractivity contribution in [3.05, 3.63) is 216 Å². The van der Waals surface area contributed by atoms with E-state index in [1.807, 2.05) is 18.2 Å².